The SMILES string of the molecule is CCCCCCC1CCC(c2ccc3c(c2)CCC(C)C3)CC1. The third kappa shape index (κ3) is 4.61. The number of rotatable bonds is 6. The maximum atomic E-state index is 2.58. The van der Waals surface area contributed by atoms with Crippen LogP contribution in [0.4, 0.5) is 0 Å². The molecule has 128 valence electrons. The van der Waals surface area contributed by atoms with Crippen molar-refractivity contribution in [1.82, 2.24) is 0 Å². The molecule has 2 aliphatic carbocycles. The quantitative estimate of drug-likeness (QED) is 0.493. The van der Waals surface area contributed by atoms with Crippen molar-refractivity contribution in [3.63, 3.8) is 0 Å². The minimum absolute atomic E-state index is 0.853. The molecule has 0 heteroatoms. The lowest BCUT2D eigenvalue weighted by Crippen LogP contribution is -2.15. The summed E-state index contributed by atoms with van der Waals surface area (Å²) in [6.07, 6.45) is 17.1. The number of hydrogen-bond acceptors (Lipinski definition) is 0. The van der Waals surface area contributed by atoms with E-state index in [2.05, 4.69) is 32.0 Å². The molecule has 1 saturated carbocycles. The van der Waals surface area contributed by atoms with Gasteiger partial charge in [0.15, 0.2) is 0 Å². The fraction of sp³-hybridized carbons (Fsp3) is 0.739. The summed E-state index contributed by atoms with van der Waals surface area (Å²) in [5.74, 6) is 2.77. The number of fused-ring (bicyclic) bond motifs is 1. The van der Waals surface area contributed by atoms with Gasteiger partial charge in [0, 0.05) is 0 Å². The highest BCUT2D eigenvalue weighted by atomic mass is 14.3. The first-order valence-electron chi connectivity index (χ1n) is 10.4. The zero-order valence-corrected chi connectivity index (χ0v) is 15.4. The van der Waals surface area contributed by atoms with Crippen molar-refractivity contribution in [2.75, 3.05) is 0 Å². The van der Waals surface area contributed by atoms with E-state index in [4.69, 9.17) is 0 Å². The van der Waals surface area contributed by atoms with E-state index in [0.29, 0.717) is 0 Å². The first-order valence-corrected chi connectivity index (χ1v) is 10.4. The van der Waals surface area contributed by atoms with Gasteiger partial charge in [0.1, 0.15) is 0 Å². The highest BCUT2D eigenvalue weighted by Gasteiger charge is 2.23. The molecule has 2 aliphatic rings. The van der Waals surface area contributed by atoms with E-state index in [-0.39, 0.29) is 0 Å². The predicted molar refractivity (Wildman–Crippen MR) is 101 cm³/mol. The molecule has 1 atom stereocenters. The molecule has 0 aliphatic heterocycles. The molecule has 0 amide bonds. The van der Waals surface area contributed by atoms with Crippen LogP contribution in [0.3, 0.4) is 0 Å². The molecule has 1 aromatic rings. The van der Waals surface area contributed by atoms with Gasteiger partial charge in [-0.25, -0.2) is 0 Å². The van der Waals surface area contributed by atoms with Crippen molar-refractivity contribution in [2.45, 2.75) is 96.8 Å². The van der Waals surface area contributed by atoms with Crippen LogP contribution in [-0.4, -0.2) is 0 Å². The Kier molecular flexibility index (Phi) is 6.20. The molecular weight excluding hydrogens is 276 g/mol. The fourth-order valence-corrected chi connectivity index (χ4v) is 4.86. The van der Waals surface area contributed by atoms with Gasteiger partial charge in [-0.3, -0.25) is 0 Å². The summed E-state index contributed by atoms with van der Waals surface area (Å²) < 4.78 is 0. The van der Waals surface area contributed by atoms with Gasteiger partial charge in [-0.05, 0) is 79.4 Å². The lowest BCUT2D eigenvalue weighted by atomic mass is 9.75. The summed E-state index contributed by atoms with van der Waals surface area (Å²) in [4.78, 5) is 0. The average Bonchev–Trinajstić information content (AvgIpc) is 2.59. The number of unbranched alkanes of at least 4 members (excludes halogenated alkanes) is 3. The van der Waals surface area contributed by atoms with Crippen LogP contribution in [0.1, 0.15) is 101 Å². The van der Waals surface area contributed by atoms with Crippen LogP contribution in [-0.2, 0) is 12.8 Å². The van der Waals surface area contributed by atoms with Gasteiger partial charge >= 0.3 is 0 Å². The van der Waals surface area contributed by atoms with Crippen LogP contribution in [0.15, 0.2) is 18.2 Å². The van der Waals surface area contributed by atoms with E-state index in [1.165, 1.54) is 77.0 Å². The predicted octanol–water partition coefficient (Wildman–Crippen LogP) is 7.06. The van der Waals surface area contributed by atoms with E-state index in [0.717, 1.165) is 17.8 Å². The van der Waals surface area contributed by atoms with Gasteiger partial charge < -0.3 is 0 Å². The third-order valence-corrected chi connectivity index (χ3v) is 6.49. The molecule has 0 heterocycles. The second-order valence-corrected chi connectivity index (χ2v) is 8.44. The third-order valence-electron chi connectivity index (χ3n) is 6.49. The van der Waals surface area contributed by atoms with E-state index in [9.17, 15) is 0 Å². The maximum Gasteiger partial charge on any atom is -0.0162 e. The first kappa shape index (κ1) is 17.1. The second-order valence-electron chi connectivity index (χ2n) is 8.44. The number of hydrogen-bond donors (Lipinski definition) is 0. The largest absolute Gasteiger partial charge is 0.0654 e. The molecule has 0 aromatic heterocycles. The van der Waals surface area contributed by atoms with E-state index >= 15 is 0 Å². The molecule has 0 spiro atoms. The lowest BCUT2D eigenvalue weighted by molar-refractivity contribution is 0.302. The van der Waals surface area contributed by atoms with Crippen LogP contribution in [0, 0.1) is 11.8 Å². The Balaban J connectivity index is 1.50. The average molecular weight is 313 g/mol. The standard InChI is InChI=1S/C23H36/c1-3-4-5-6-7-19-9-12-20(13-10-19)22-15-14-21-16-18(2)8-11-23(21)17-22/h14-15,17-20H,3-13,16H2,1-2H3. The number of aryl methyl sites for hydroxylation is 1. The Bertz CT molecular complexity index is 479. The van der Waals surface area contributed by atoms with Gasteiger partial charge in [-0.2, -0.15) is 0 Å². The van der Waals surface area contributed by atoms with Crippen molar-refractivity contribution in [3.05, 3.63) is 34.9 Å². The molecule has 1 fully saturated rings. The van der Waals surface area contributed by atoms with Gasteiger partial charge in [0.2, 0.25) is 0 Å². The molecule has 23 heavy (non-hydrogen) atoms. The Labute approximate surface area is 144 Å². The van der Waals surface area contributed by atoms with Gasteiger partial charge in [0.25, 0.3) is 0 Å². The summed E-state index contributed by atoms with van der Waals surface area (Å²) in [6.45, 7) is 4.71. The molecule has 0 radical (unpaired) electrons. The van der Waals surface area contributed by atoms with E-state index < -0.39 is 0 Å². The molecular formula is C23H36. The molecule has 0 N–H and O–H groups in total. The zero-order chi connectivity index (χ0) is 16.1. The summed E-state index contributed by atoms with van der Waals surface area (Å²) >= 11 is 0. The Morgan fingerprint density at radius 3 is 2.52 bits per heavy atom. The molecule has 0 saturated heterocycles. The van der Waals surface area contributed by atoms with Gasteiger partial charge in [0.05, 0.1) is 0 Å². The van der Waals surface area contributed by atoms with Crippen LogP contribution in [0.5, 0.6) is 0 Å². The summed E-state index contributed by atoms with van der Waals surface area (Å²) in [7, 11) is 0. The normalized spacial score (nSPS) is 27.7. The van der Waals surface area contributed by atoms with Crippen molar-refractivity contribution >= 4 is 0 Å². The fourth-order valence-electron chi connectivity index (χ4n) is 4.86. The van der Waals surface area contributed by atoms with Crippen LogP contribution < -0.4 is 0 Å². The zero-order valence-electron chi connectivity index (χ0n) is 15.4. The van der Waals surface area contributed by atoms with Crippen LogP contribution in [0.2, 0.25) is 0 Å². The minimum atomic E-state index is 0.853. The molecule has 3 rings (SSSR count). The topological polar surface area (TPSA) is 0 Å². The Morgan fingerprint density at radius 2 is 1.74 bits per heavy atom. The highest BCUT2D eigenvalue weighted by molar-refractivity contribution is 5.36. The second kappa shape index (κ2) is 8.36. The first-order chi connectivity index (χ1) is 11.3. The summed E-state index contributed by atoms with van der Waals surface area (Å²) in [6, 6.07) is 7.49. The Morgan fingerprint density at radius 1 is 0.913 bits per heavy atom. The minimum Gasteiger partial charge on any atom is -0.0654 e. The van der Waals surface area contributed by atoms with Gasteiger partial charge in [-0.1, -0.05) is 64.2 Å². The Hall–Kier alpha value is -0.780. The number of benzene rings is 1. The van der Waals surface area contributed by atoms with Gasteiger partial charge in [-0.15, -0.1) is 0 Å². The van der Waals surface area contributed by atoms with Crippen molar-refractivity contribution in [3.8, 4) is 0 Å². The van der Waals surface area contributed by atoms with Crippen molar-refractivity contribution in [2.24, 2.45) is 11.8 Å². The summed E-state index contributed by atoms with van der Waals surface area (Å²) in [5, 5.41) is 0. The maximum absolute atomic E-state index is 2.58. The molecule has 1 aromatic carbocycles. The van der Waals surface area contributed by atoms with E-state index in [1.54, 1.807) is 16.7 Å². The van der Waals surface area contributed by atoms with Crippen LogP contribution >= 0.6 is 0 Å². The van der Waals surface area contributed by atoms with E-state index in [1.807, 2.05) is 0 Å². The van der Waals surface area contributed by atoms with Crippen LogP contribution in [0.25, 0.3) is 0 Å². The van der Waals surface area contributed by atoms with Crippen molar-refractivity contribution in [1.29, 1.82) is 0 Å². The molecule has 0 nitrogen and oxygen atoms in total. The smallest absolute Gasteiger partial charge is 0.0162 e. The molecule has 0 bridgehead atoms. The van der Waals surface area contributed by atoms with Crippen molar-refractivity contribution < 1.29 is 0 Å². The monoisotopic (exact) mass is 312 g/mol. The molecule has 1 unspecified atom stereocenters. The summed E-state index contributed by atoms with van der Waals surface area (Å²) in [5.41, 5.74) is 4.96. The lowest BCUT2D eigenvalue weighted by Gasteiger charge is -2.30. The highest BCUT2D eigenvalue weighted by Crippen LogP contribution is 2.39.